The molecule has 0 aromatic heterocycles. The highest BCUT2D eigenvalue weighted by Crippen LogP contribution is 2.12. The Hall–Kier alpha value is -2.69. The summed E-state index contributed by atoms with van der Waals surface area (Å²) in [5.74, 6) is -0.331. The van der Waals surface area contributed by atoms with Crippen LogP contribution in [0.2, 0.25) is 0 Å². The summed E-state index contributed by atoms with van der Waals surface area (Å²) in [7, 11) is -3.81. The van der Waals surface area contributed by atoms with Gasteiger partial charge in [-0.05, 0) is 43.5 Å². The van der Waals surface area contributed by atoms with Gasteiger partial charge in [0.2, 0.25) is 10.0 Å². The molecule has 26 heavy (non-hydrogen) atoms. The summed E-state index contributed by atoms with van der Waals surface area (Å²) in [6.45, 7) is 1.59. The second-order valence-corrected chi connectivity index (χ2v) is 7.68. The number of nitrogens with zero attached hydrogens (tertiary/aromatic N) is 1. The van der Waals surface area contributed by atoms with Gasteiger partial charge in [-0.1, -0.05) is 36.4 Å². The quantitative estimate of drug-likeness (QED) is 0.695. The maximum absolute atomic E-state index is 12.4. The second kappa shape index (κ2) is 9.13. The minimum atomic E-state index is -3.81. The Bertz CT molecular complexity index is 890. The number of hydrogen-bond donors (Lipinski definition) is 2. The van der Waals surface area contributed by atoms with Crippen LogP contribution in [-0.4, -0.2) is 26.9 Å². The number of nitrogens with one attached hydrogen (secondary N) is 2. The van der Waals surface area contributed by atoms with E-state index < -0.39 is 10.0 Å². The first-order chi connectivity index (χ1) is 12.4. The molecule has 0 radical (unpaired) electrons. The minimum absolute atomic E-state index is 0.0441. The van der Waals surface area contributed by atoms with Gasteiger partial charge < -0.3 is 5.32 Å². The van der Waals surface area contributed by atoms with Gasteiger partial charge in [-0.15, -0.1) is 0 Å². The number of aryl methyl sites for hydroxylation is 1. The molecule has 2 aromatic carbocycles. The number of nitriles is 1. The van der Waals surface area contributed by atoms with E-state index in [4.69, 9.17) is 5.26 Å². The fraction of sp³-hybridized carbons (Fsp3) is 0.263. The van der Waals surface area contributed by atoms with E-state index in [1.54, 1.807) is 12.1 Å². The topological polar surface area (TPSA) is 99.1 Å². The smallest absolute Gasteiger partial charge is 0.251 e. The lowest BCUT2D eigenvalue weighted by Gasteiger charge is -2.14. The van der Waals surface area contributed by atoms with Gasteiger partial charge in [0, 0.05) is 11.6 Å². The van der Waals surface area contributed by atoms with E-state index in [2.05, 4.69) is 10.0 Å². The maximum Gasteiger partial charge on any atom is 0.251 e. The minimum Gasteiger partial charge on any atom is -0.350 e. The van der Waals surface area contributed by atoms with Crippen molar-refractivity contribution < 1.29 is 13.2 Å². The Kier molecular flexibility index (Phi) is 6.89. The molecule has 0 saturated heterocycles. The van der Waals surface area contributed by atoms with E-state index in [0.29, 0.717) is 0 Å². The Labute approximate surface area is 153 Å². The van der Waals surface area contributed by atoms with Crippen LogP contribution in [-0.2, 0) is 16.4 Å². The molecule has 0 spiro atoms. The Morgan fingerprint density at radius 3 is 2.58 bits per heavy atom. The zero-order valence-corrected chi connectivity index (χ0v) is 15.3. The molecule has 0 bridgehead atoms. The highest BCUT2D eigenvalue weighted by atomic mass is 32.2. The largest absolute Gasteiger partial charge is 0.350 e. The summed E-state index contributed by atoms with van der Waals surface area (Å²) >= 11 is 0. The molecule has 0 aliphatic heterocycles. The van der Waals surface area contributed by atoms with Crippen LogP contribution in [0.1, 0.15) is 29.3 Å². The molecule has 2 N–H and O–H groups in total. The van der Waals surface area contributed by atoms with Crippen LogP contribution in [0.25, 0.3) is 0 Å². The summed E-state index contributed by atoms with van der Waals surface area (Å²) in [4.78, 5) is 12.3. The summed E-state index contributed by atoms with van der Waals surface area (Å²) < 4.78 is 26.3. The summed E-state index contributed by atoms with van der Waals surface area (Å²) in [5.41, 5.74) is 1.46. The normalized spacial score (nSPS) is 12.2. The Morgan fingerprint density at radius 1 is 1.15 bits per heavy atom. The van der Waals surface area contributed by atoms with Crippen molar-refractivity contribution in [2.75, 3.05) is 6.54 Å². The van der Waals surface area contributed by atoms with Crippen molar-refractivity contribution in [1.29, 1.82) is 5.26 Å². The Morgan fingerprint density at radius 2 is 1.88 bits per heavy atom. The maximum atomic E-state index is 12.4. The number of carbonyl (C=O) groups is 1. The van der Waals surface area contributed by atoms with Crippen molar-refractivity contribution >= 4 is 15.9 Å². The molecule has 0 heterocycles. The van der Waals surface area contributed by atoms with E-state index >= 15 is 0 Å². The van der Waals surface area contributed by atoms with Crippen molar-refractivity contribution in [3.8, 4) is 6.07 Å². The standard InChI is InChI=1S/C19H21N3O3S/c1-15(10-11-16-6-3-2-4-7-16)22-19(23)17-8-5-9-18(14-17)26(24,25)21-13-12-20/h2-9,14-15,21H,10-11,13H2,1H3,(H,22,23)/t15-/m0/s1. The van der Waals surface area contributed by atoms with Gasteiger partial charge in [-0.3, -0.25) is 4.79 Å². The number of benzene rings is 2. The van der Waals surface area contributed by atoms with Crippen molar-refractivity contribution in [3.05, 3.63) is 65.7 Å². The third-order valence-electron chi connectivity index (χ3n) is 3.83. The van der Waals surface area contributed by atoms with Crippen LogP contribution >= 0.6 is 0 Å². The van der Waals surface area contributed by atoms with Crippen LogP contribution in [0.5, 0.6) is 0 Å². The van der Waals surface area contributed by atoms with E-state index in [9.17, 15) is 13.2 Å². The monoisotopic (exact) mass is 371 g/mol. The van der Waals surface area contributed by atoms with Gasteiger partial charge in [-0.2, -0.15) is 9.98 Å². The van der Waals surface area contributed by atoms with E-state index in [0.717, 1.165) is 12.8 Å². The van der Waals surface area contributed by atoms with E-state index in [1.165, 1.54) is 23.8 Å². The summed E-state index contributed by atoms with van der Waals surface area (Å²) in [6, 6.07) is 17.4. The number of sulfonamides is 1. The molecule has 136 valence electrons. The highest BCUT2D eigenvalue weighted by molar-refractivity contribution is 7.89. The molecular weight excluding hydrogens is 350 g/mol. The first-order valence-corrected chi connectivity index (χ1v) is 9.72. The molecule has 1 atom stereocenters. The Balaban J connectivity index is 1.99. The molecule has 0 aliphatic carbocycles. The zero-order chi connectivity index (χ0) is 19.0. The predicted molar refractivity (Wildman–Crippen MR) is 98.9 cm³/mol. The number of hydrogen-bond acceptors (Lipinski definition) is 4. The SMILES string of the molecule is C[C@@H](CCc1ccccc1)NC(=O)c1cccc(S(=O)(=O)NCC#N)c1. The number of amides is 1. The number of carbonyl (C=O) groups excluding carboxylic acids is 1. The lowest BCUT2D eigenvalue weighted by Crippen LogP contribution is -2.33. The molecule has 1 amide bonds. The van der Waals surface area contributed by atoms with Crippen molar-refractivity contribution in [2.24, 2.45) is 0 Å². The first-order valence-electron chi connectivity index (χ1n) is 8.24. The second-order valence-electron chi connectivity index (χ2n) is 5.91. The molecular formula is C19H21N3O3S. The molecule has 2 rings (SSSR count). The van der Waals surface area contributed by atoms with Crippen LogP contribution < -0.4 is 10.0 Å². The molecule has 0 fully saturated rings. The van der Waals surface area contributed by atoms with Gasteiger partial charge in [0.15, 0.2) is 0 Å². The van der Waals surface area contributed by atoms with E-state index in [-0.39, 0.29) is 29.0 Å². The van der Waals surface area contributed by atoms with Crippen molar-refractivity contribution in [1.82, 2.24) is 10.0 Å². The van der Waals surface area contributed by atoms with Crippen LogP contribution in [0.4, 0.5) is 0 Å². The summed E-state index contributed by atoms with van der Waals surface area (Å²) in [5, 5.41) is 11.4. The average molecular weight is 371 g/mol. The third kappa shape index (κ3) is 5.69. The summed E-state index contributed by atoms with van der Waals surface area (Å²) in [6.07, 6.45) is 1.62. The van der Waals surface area contributed by atoms with Gasteiger partial charge in [-0.25, -0.2) is 8.42 Å². The van der Waals surface area contributed by atoms with Gasteiger partial charge in [0.25, 0.3) is 5.91 Å². The van der Waals surface area contributed by atoms with Gasteiger partial charge in [0.05, 0.1) is 17.5 Å². The lowest BCUT2D eigenvalue weighted by atomic mass is 10.1. The zero-order valence-electron chi connectivity index (χ0n) is 14.5. The first kappa shape index (κ1) is 19.6. The van der Waals surface area contributed by atoms with Gasteiger partial charge >= 0.3 is 0 Å². The van der Waals surface area contributed by atoms with E-state index in [1.807, 2.05) is 37.3 Å². The molecule has 0 unspecified atom stereocenters. The average Bonchev–Trinajstić information content (AvgIpc) is 2.65. The molecule has 0 saturated carbocycles. The molecule has 0 aliphatic rings. The molecule has 7 heteroatoms. The fourth-order valence-electron chi connectivity index (χ4n) is 2.42. The van der Waals surface area contributed by atoms with Crippen molar-refractivity contribution in [2.45, 2.75) is 30.7 Å². The lowest BCUT2D eigenvalue weighted by molar-refractivity contribution is 0.0938. The molecule has 6 nitrogen and oxygen atoms in total. The van der Waals surface area contributed by atoms with Gasteiger partial charge in [0.1, 0.15) is 0 Å². The van der Waals surface area contributed by atoms with Crippen LogP contribution in [0.15, 0.2) is 59.5 Å². The predicted octanol–water partition coefficient (Wildman–Crippen LogP) is 2.24. The number of rotatable bonds is 8. The fourth-order valence-corrected chi connectivity index (χ4v) is 3.38. The van der Waals surface area contributed by atoms with Crippen molar-refractivity contribution in [3.63, 3.8) is 0 Å². The van der Waals surface area contributed by atoms with Crippen LogP contribution in [0.3, 0.4) is 0 Å². The third-order valence-corrected chi connectivity index (χ3v) is 5.23. The van der Waals surface area contributed by atoms with Crippen LogP contribution in [0, 0.1) is 11.3 Å². The molecule has 2 aromatic rings. The highest BCUT2D eigenvalue weighted by Gasteiger charge is 2.16.